The average molecular weight is 173 g/mol. The fourth-order valence-electron chi connectivity index (χ4n) is 0.785. The zero-order valence-electron chi connectivity index (χ0n) is 6.62. The van der Waals surface area contributed by atoms with E-state index in [4.69, 9.17) is 15.2 Å². The summed E-state index contributed by atoms with van der Waals surface area (Å²) in [5, 5.41) is 0. The van der Waals surface area contributed by atoms with Crippen molar-refractivity contribution in [2.24, 2.45) is 5.73 Å². The molecule has 1 saturated heterocycles. The van der Waals surface area contributed by atoms with Crippen molar-refractivity contribution < 1.29 is 19.0 Å². The first-order chi connectivity index (χ1) is 5.72. The molecule has 1 rings (SSSR count). The predicted octanol–water partition coefficient (Wildman–Crippen LogP) is 0.0108. The second-order valence-corrected chi connectivity index (χ2v) is 2.42. The van der Waals surface area contributed by atoms with E-state index in [-0.39, 0.29) is 6.73 Å². The molecule has 5 nitrogen and oxygen atoms in total. The number of nitrogens with two attached hydrogens (primary N) is 1. The van der Waals surface area contributed by atoms with E-state index in [0.29, 0.717) is 13.2 Å². The zero-order chi connectivity index (χ0) is 9.03. The van der Waals surface area contributed by atoms with Gasteiger partial charge >= 0.3 is 6.16 Å². The third-order valence-electron chi connectivity index (χ3n) is 1.55. The van der Waals surface area contributed by atoms with Crippen molar-refractivity contribution in [3.8, 4) is 0 Å². The van der Waals surface area contributed by atoms with Crippen LogP contribution < -0.4 is 5.73 Å². The van der Waals surface area contributed by atoms with Crippen LogP contribution in [0.4, 0.5) is 4.79 Å². The highest BCUT2D eigenvalue weighted by Crippen LogP contribution is 2.23. The quantitative estimate of drug-likeness (QED) is 0.370. The van der Waals surface area contributed by atoms with Gasteiger partial charge in [0.05, 0.1) is 13.2 Å². The largest absolute Gasteiger partial charge is 0.510 e. The van der Waals surface area contributed by atoms with E-state index < -0.39 is 11.8 Å². The van der Waals surface area contributed by atoms with Gasteiger partial charge in [0.15, 0.2) is 5.60 Å². The molecule has 12 heavy (non-hydrogen) atoms. The molecule has 2 N–H and O–H groups in total. The van der Waals surface area contributed by atoms with Gasteiger partial charge in [0.25, 0.3) is 0 Å². The summed E-state index contributed by atoms with van der Waals surface area (Å²) in [7, 11) is 0. The lowest BCUT2D eigenvalue weighted by Gasteiger charge is -2.36. The second kappa shape index (κ2) is 3.55. The monoisotopic (exact) mass is 173 g/mol. The van der Waals surface area contributed by atoms with Gasteiger partial charge in [0.2, 0.25) is 0 Å². The number of carbonyl (C=O) groups excluding carboxylic acids is 1. The summed E-state index contributed by atoms with van der Waals surface area (Å²) in [6.45, 7) is 4.00. The van der Waals surface area contributed by atoms with Crippen LogP contribution in [0, 0.1) is 0 Å². The van der Waals surface area contributed by atoms with Gasteiger partial charge < -0.3 is 14.2 Å². The van der Waals surface area contributed by atoms with Crippen molar-refractivity contribution in [1.82, 2.24) is 0 Å². The molecule has 68 valence electrons. The zero-order valence-corrected chi connectivity index (χ0v) is 6.62. The van der Waals surface area contributed by atoms with Crippen molar-refractivity contribution >= 4 is 6.16 Å². The molecule has 0 aromatic rings. The van der Waals surface area contributed by atoms with Crippen LogP contribution >= 0.6 is 0 Å². The Hall–Kier alpha value is -1.07. The minimum absolute atomic E-state index is 0.188. The standard InChI is InChI=1S/C7H11NO4/c1-2-7(3-10-4-7)12-6(9)11-5-8/h2H,1,3-5,8H2. The van der Waals surface area contributed by atoms with Crippen LogP contribution in [-0.4, -0.2) is 31.7 Å². The predicted molar refractivity (Wildman–Crippen MR) is 40.4 cm³/mol. The fourth-order valence-corrected chi connectivity index (χ4v) is 0.785. The Bertz CT molecular complexity index is 188. The lowest BCUT2D eigenvalue weighted by Crippen LogP contribution is -2.51. The summed E-state index contributed by atoms with van der Waals surface area (Å²) >= 11 is 0. The number of hydrogen-bond donors (Lipinski definition) is 1. The molecular formula is C7H11NO4. The lowest BCUT2D eigenvalue weighted by molar-refractivity contribution is -0.161. The maximum Gasteiger partial charge on any atom is 0.510 e. The van der Waals surface area contributed by atoms with E-state index in [1.807, 2.05) is 0 Å². The molecule has 0 bridgehead atoms. The minimum Gasteiger partial charge on any atom is -0.419 e. The van der Waals surface area contributed by atoms with Crippen LogP contribution in [0.3, 0.4) is 0 Å². The molecule has 0 aromatic heterocycles. The van der Waals surface area contributed by atoms with Crippen LogP contribution in [0.2, 0.25) is 0 Å². The number of rotatable bonds is 3. The Balaban J connectivity index is 2.37. The highest BCUT2D eigenvalue weighted by Gasteiger charge is 2.40. The molecular weight excluding hydrogens is 162 g/mol. The molecule has 0 amide bonds. The molecule has 0 radical (unpaired) electrons. The van der Waals surface area contributed by atoms with E-state index in [1.54, 1.807) is 0 Å². The van der Waals surface area contributed by atoms with Gasteiger partial charge in [0, 0.05) is 0 Å². The van der Waals surface area contributed by atoms with Crippen molar-refractivity contribution in [3.63, 3.8) is 0 Å². The highest BCUT2D eigenvalue weighted by atomic mass is 16.8. The summed E-state index contributed by atoms with van der Waals surface area (Å²) < 4.78 is 14.1. The highest BCUT2D eigenvalue weighted by molar-refractivity contribution is 5.61. The van der Waals surface area contributed by atoms with Gasteiger partial charge in [-0.25, -0.2) is 4.79 Å². The Kier molecular flexibility index (Phi) is 2.67. The van der Waals surface area contributed by atoms with Gasteiger partial charge in [-0.15, -0.1) is 0 Å². The van der Waals surface area contributed by atoms with Crippen LogP contribution in [0.5, 0.6) is 0 Å². The molecule has 0 aromatic carbocycles. The van der Waals surface area contributed by atoms with Gasteiger partial charge in [-0.05, 0) is 6.08 Å². The smallest absolute Gasteiger partial charge is 0.419 e. The molecule has 1 fully saturated rings. The van der Waals surface area contributed by atoms with E-state index in [9.17, 15) is 4.79 Å². The van der Waals surface area contributed by atoms with Crippen molar-refractivity contribution in [1.29, 1.82) is 0 Å². The summed E-state index contributed by atoms with van der Waals surface area (Å²) in [6.07, 6.45) is 0.731. The average Bonchev–Trinajstić information content (AvgIpc) is 1.97. The maximum absolute atomic E-state index is 10.8. The Morgan fingerprint density at radius 1 is 1.75 bits per heavy atom. The SMILES string of the molecule is C=CC1(OC(=O)OCN)COC1. The number of ether oxygens (including phenoxy) is 3. The van der Waals surface area contributed by atoms with Crippen molar-refractivity contribution in [2.45, 2.75) is 5.60 Å². The summed E-state index contributed by atoms with van der Waals surface area (Å²) in [6, 6.07) is 0. The summed E-state index contributed by atoms with van der Waals surface area (Å²) in [5.74, 6) is 0. The van der Waals surface area contributed by atoms with E-state index in [2.05, 4.69) is 11.3 Å². The van der Waals surface area contributed by atoms with Crippen molar-refractivity contribution in [2.75, 3.05) is 19.9 Å². The van der Waals surface area contributed by atoms with Gasteiger partial charge in [-0.3, -0.25) is 5.73 Å². The first-order valence-electron chi connectivity index (χ1n) is 3.49. The summed E-state index contributed by atoms with van der Waals surface area (Å²) in [4.78, 5) is 10.8. The van der Waals surface area contributed by atoms with Gasteiger partial charge in [-0.1, -0.05) is 6.58 Å². The molecule has 1 aliphatic heterocycles. The molecule has 0 spiro atoms. The molecule has 0 unspecified atom stereocenters. The van der Waals surface area contributed by atoms with Gasteiger partial charge in [-0.2, -0.15) is 0 Å². The van der Waals surface area contributed by atoms with E-state index >= 15 is 0 Å². The van der Waals surface area contributed by atoms with Crippen LogP contribution in [0.25, 0.3) is 0 Å². The molecule has 1 heterocycles. The third-order valence-corrected chi connectivity index (χ3v) is 1.55. The fraction of sp³-hybridized carbons (Fsp3) is 0.571. The molecule has 0 saturated carbocycles. The maximum atomic E-state index is 10.8. The number of carbonyl (C=O) groups is 1. The molecule has 0 aliphatic carbocycles. The molecule has 5 heteroatoms. The van der Waals surface area contributed by atoms with Crippen LogP contribution in [-0.2, 0) is 14.2 Å². The minimum atomic E-state index is -0.791. The second-order valence-electron chi connectivity index (χ2n) is 2.42. The van der Waals surface area contributed by atoms with Crippen LogP contribution in [0.15, 0.2) is 12.7 Å². The number of hydrogen-bond acceptors (Lipinski definition) is 5. The normalized spacial score (nSPS) is 19.1. The van der Waals surface area contributed by atoms with Gasteiger partial charge in [0.1, 0.15) is 6.73 Å². The van der Waals surface area contributed by atoms with E-state index in [1.165, 1.54) is 6.08 Å². The first kappa shape index (κ1) is 9.02. The molecule has 1 aliphatic rings. The van der Waals surface area contributed by atoms with Crippen molar-refractivity contribution in [3.05, 3.63) is 12.7 Å². The Morgan fingerprint density at radius 3 is 2.75 bits per heavy atom. The van der Waals surface area contributed by atoms with Crippen LogP contribution in [0.1, 0.15) is 0 Å². The lowest BCUT2D eigenvalue weighted by atomic mass is 10.0. The Morgan fingerprint density at radius 2 is 2.42 bits per heavy atom. The summed E-state index contributed by atoms with van der Waals surface area (Å²) in [5.41, 5.74) is 4.27. The topological polar surface area (TPSA) is 70.8 Å². The first-order valence-corrected chi connectivity index (χ1v) is 3.49. The van der Waals surface area contributed by atoms with E-state index in [0.717, 1.165) is 0 Å². The Labute approximate surface area is 70.1 Å². The third kappa shape index (κ3) is 1.75. The molecule has 0 atom stereocenters.